The molecule has 116 valence electrons. The van der Waals surface area contributed by atoms with Gasteiger partial charge in [0.25, 0.3) is 0 Å². The Morgan fingerprint density at radius 3 is 2.68 bits per heavy atom. The summed E-state index contributed by atoms with van der Waals surface area (Å²) in [6.07, 6.45) is 1.69. The Bertz CT molecular complexity index is 765. The van der Waals surface area contributed by atoms with Crippen LogP contribution in [0.3, 0.4) is 0 Å². The third kappa shape index (κ3) is 3.42. The van der Waals surface area contributed by atoms with Crippen molar-refractivity contribution in [3.8, 4) is 11.3 Å². The van der Waals surface area contributed by atoms with Crippen molar-refractivity contribution < 1.29 is 13.5 Å². The predicted octanol–water partition coefficient (Wildman–Crippen LogP) is 1.11. The number of aromatic nitrogens is 2. The summed E-state index contributed by atoms with van der Waals surface area (Å²) >= 11 is 0. The summed E-state index contributed by atoms with van der Waals surface area (Å²) < 4.78 is 23.0. The second kappa shape index (κ2) is 5.66. The molecule has 1 aliphatic heterocycles. The number of aliphatic hydroxyl groups is 1. The van der Waals surface area contributed by atoms with Gasteiger partial charge in [0.2, 0.25) is 0 Å². The molecule has 0 radical (unpaired) electrons. The molecule has 1 atom stereocenters. The van der Waals surface area contributed by atoms with Crippen molar-refractivity contribution in [3.05, 3.63) is 42.7 Å². The highest BCUT2D eigenvalue weighted by molar-refractivity contribution is 7.91. The lowest BCUT2D eigenvalue weighted by Crippen LogP contribution is -2.38. The first-order chi connectivity index (χ1) is 10.5. The Morgan fingerprint density at radius 2 is 2.00 bits per heavy atom. The largest absolute Gasteiger partial charge is 0.387 e. The van der Waals surface area contributed by atoms with Gasteiger partial charge in [-0.2, -0.15) is 0 Å². The van der Waals surface area contributed by atoms with Crippen LogP contribution in [0.5, 0.6) is 0 Å². The van der Waals surface area contributed by atoms with E-state index in [-0.39, 0.29) is 24.5 Å². The normalized spacial score (nSPS) is 23.3. The van der Waals surface area contributed by atoms with Gasteiger partial charge in [0, 0.05) is 18.2 Å². The first-order valence-electron chi connectivity index (χ1n) is 7.00. The average Bonchev–Trinajstić information content (AvgIpc) is 2.81. The Labute approximate surface area is 129 Å². The second-order valence-electron chi connectivity index (χ2n) is 5.57. The smallest absolute Gasteiger partial charge is 0.153 e. The molecule has 1 aromatic carbocycles. The topological polar surface area (TPSA) is 92.2 Å². The standard InChI is InChI=1S/C15H17N3O3S/c19-15(6-7-22(20,21)10-15)9-16-14-8-13(17-11-18-14)12-4-2-1-3-5-12/h1-5,8,11,19H,6-7,9-10H2,(H,16,17,18). The molecule has 0 bridgehead atoms. The van der Waals surface area contributed by atoms with Crippen LogP contribution in [-0.4, -0.2) is 47.1 Å². The molecule has 7 heteroatoms. The van der Waals surface area contributed by atoms with Gasteiger partial charge in [-0.3, -0.25) is 0 Å². The number of hydrogen-bond acceptors (Lipinski definition) is 6. The lowest BCUT2D eigenvalue weighted by atomic mass is 10.0. The van der Waals surface area contributed by atoms with E-state index in [2.05, 4.69) is 15.3 Å². The van der Waals surface area contributed by atoms with E-state index in [9.17, 15) is 13.5 Å². The van der Waals surface area contributed by atoms with E-state index in [0.29, 0.717) is 5.82 Å². The highest BCUT2D eigenvalue weighted by atomic mass is 32.2. The van der Waals surface area contributed by atoms with Crippen molar-refractivity contribution in [2.75, 3.05) is 23.4 Å². The summed E-state index contributed by atoms with van der Waals surface area (Å²) in [5.41, 5.74) is 0.510. The molecule has 1 fully saturated rings. The monoisotopic (exact) mass is 319 g/mol. The van der Waals surface area contributed by atoms with Gasteiger partial charge in [-0.1, -0.05) is 30.3 Å². The van der Waals surface area contributed by atoms with E-state index in [4.69, 9.17) is 0 Å². The Morgan fingerprint density at radius 1 is 1.23 bits per heavy atom. The fourth-order valence-corrected chi connectivity index (χ4v) is 4.41. The van der Waals surface area contributed by atoms with Crippen molar-refractivity contribution in [2.45, 2.75) is 12.0 Å². The molecule has 1 aliphatic rings. The van der Waals surface area contributed by atoms with Crippen molar-refractivity contribution in [3.63, 3.8) is 0 Å². The van der Waals surface area contributed by atoms with Crippen LogP contribution in [0.4, 0.5) is 5.82 Å². The first-order valence-corrected chi connectivity index (χ1v) is 8.82. The summed E-state index contributed by atoms with van der Waals surface area (Å²) in [6.45, 7) is 0.150. The van der Waals surface area contributed by atoms with Gasteiger partial charge in [-0.15, -0.1) is 0 Å². The van der Waals surface area contributed by atoms with E-state index >= 15 is 0 Å². The van der Waals surface area contributed by atoms with Crippen molar-refractivity contribution in [2.24, 2.45) is 0 Å². The Hall–Kier alpha value is -1.99. The SMILES string of the molecule is O=S1(=O)CCC(O)(CNc2cc(-c3ccccc3)ncn2)C1. The van der Waals surface area contributed by atoms with E-state index in [1.54, 1.807) is 6.07 Å². The molecule has 2 aromatic rings. The molecule has 0 saturated carbocycles. The maximum Gasteiger partial charge on any atom is 0.153 e. The third-order valence-corrected chi connectivity index (χ3v) is 5.51. The highest BCUT2D eigenvalue weighted by Gasteiger charge is 2.40. The van der Waals surface area contributed by atoms with Crippen molar-refractivity contribution >= 4 is 15.7 Å². The molecule has 2 heterocycles. The van der Waals surface area contributed by atoms with Crippen LogP contribution < -0.4 is 5.32 Å². The fourth-order valence-electron chi connectivity index (χ4n) is 2.51. The van der Waals surface area contributed by atoms with Gasteiger partial charge in [-0.25, -0.2) is 18.4 Å². The fraction of sp³-hybridized carbons (Fsp3) is 0.333. The van der Waals surface area contributed by atoms with Crippen LogP contribution in [-0.2, 0) is 9.84 Å². The molecule has 0 aliphatic carbocycles. The molecule has 1 aromatic heterocycles. The molecule has 22 heavy (non-hydrogen) atoms. The second-order valence-corrected chi connectivity index (χ2v) is 7.76. The van der Waals surface area contributed by atoms with Crippen molar-refractivity contribution in [1.29, 1.82) is 0 Å². The zero-order valence-corrected chi connectivity index (χ0v) is 12.8. The molecule has 1 unspecified atom stereocenters. The molecule has 6 nitrogen and oxygen atoms in total. The molecule has 1 saturated heterocycles. The number of nitrogens with zero attached hydrogens (tertiary/aromatic N) is 2. The van der Waals surface area contributed by atoms with Crippen LogP contribution in [0.2, 0.25) is 0 Å². The average molecular weight is 319 g/mol. The van der Waals surface area contributed by atoms with E-state index in [0.717, 1.165) is 11.3 Å². The minimum absolute atomic E-state index is 0.0320. The number of sulfone groups is 1. The number of benzene rings is 1. The number of hydrogen-bond donors (Lipinski definition) is 2. The Kier molecular flexibility index (Phi) is 3.84. The Balaban J connectivity index is 1.72. The summed E-state index contributed by atoms with van der Waals surface area (Å²) in [6, 6.07) is 11.5. The van der Waals surface area contributed by atoms with E-state index in [1.807, 2.05) is 30.3 Å². The van der Waals surface area contributed by atoms with Crippen LogP contribution in [0.25, 0.3) is 11.3 Å². The minimum Gasteiger partial charge on any atom is -0.387 e. The van der Waals surface area contributed by atoms with Crippen LogP contribution >= 0.6 is 0 Å². The summed E-state index contributed by atoms with van der Waals surface area (Å²) in [4.78, 5) is 8.33. The minimum atomic E-state index is -3.13. The summed E-state index contributed by atoms with van der Waals surface area (Å²) in [5, 5.41) is 13.3. The third-order valence-electron chi connectivity index (χ3n) is 3.70. The lowest BCUT2D eigenvalue weighted by Gasteiger charge is -2.21. The first kappa shape index (κ1) is 14.9. The van der Waals surface area contributed by atoms with Gasteiger partial charge < -0.3 is 10.4 Å². The quantitative estimate of drug-likeness (QED) is 0.877. The van der Waals surface area contributed by atoms with Gasteiger partial charge in [0.15, 0.2) is 9.84 Å². The predicted molar refractivity (Wildman–Crippen MR) is 84.2 cm³/mol. The van der Waals surface area contributed by atoms with Gasteiger partial charge in [0.05, 0.1) is 22.8 Å². The molecule has 3 rings (SSSR count). The molecule has 2 N–H and O–H groups in total. The summed E-state index contributed by atoms with van der Waals surface area (Å²) in [7, 11) is -3.13. The van der Waals surface area contributed by atoms with E-state index in [1.165, 1.54) is 6.33 Å². The van der Waals surface area contributed by atoms with Crippen LogP contribution in [0.15, 0.2) is 42.7 Å². The number of anilines is 1. The van der Waals surface area contributed by atoms with Gasteiger partial charge >= 0.3 is 0 Å². The highest BCUT2D eigenvalue weighted by Crippen LogP contribution is 2.24. The van der Waals surface area contributed by atoms with E-state index < -0.39 is 15.4 Å². The number of rotatable bonds is 4. The summed E-state index contributed by atoms with van der Waals surface area (Å²) in [5.74, 6) is 0.389. The van der Waals surface area contributed by atoms with Gasteiger partial charge in [0.1, 0.15) is 12.1 Å². The maximum atomic E-state index is 11.5. The van der Waals surface area contributed by atoms with Gasteiger partial charge in [-0.05, 0) is 6.42 Å². The zero-order chi connectivity index (χ0) is 15.6. The lowest BCUT2D eigenvalue weighted by molar-refractivity contribution is 0.0814. The zero-order valence-electron chi connectivity index (χ0n) is 11.9. The van der Waals surface area contributed by atoms with Crippen LogP contribution in [0.1, 0.15) is 6.42 Å². The molecule has 0 amide bonds. The van der Waals surface area contributed by atoms with Crippen molar-refractivity contribution in [1.82, 2.24) is 9.97 Å². The molecular weight excluding hydrogens is 302 g/mol. The number of nitrogens with one attached hydrogen (secondary N) is 1. The molecule has 0 spiro atoms. The maximum absolute atomic E-state index is 11.5. The molecular formula is C15H17N3O3S. The van der Waals surface area contributed by atoms with Crippen LogP contribution in [0, 0.1) is 0 Å².